The SMILES string of the molecule is CC(=O)NC1[C@H](O[C@@H]2C(C(=O)O)O[C@@H](O[C@H]3C(CO)O[C@@H](O[C@@H]4C(C(=O)NNCCCC5OC6CC7C8CCC9=CC(=O)C=CC9(C)C8(F)C(O)CC7(C)C6(C(=O)COC(C)=O)O5)O[C@@H](O[C@H]5C(CO)O[C@@H](O[C@@H]6C(C(=O)O)O[C@@H](O[C@H]7C(CO)C[C@@H](C)C(NC(C)=O)[C@@H]7O)C(O)[C@@H]6O)C(NC(C)=O)[C@@H]5O)C(O)[C@@H]4O)C(NC(C)=O)[C@@H]3O)C(O)[C@@H]2O)OC(CO)[C@H](O[C@@H]2OC(C(=O)O)[C@@H](O)[C@@H](O)C2O)[C@H]1O. The first-order chi connectivity index (χ1) is 66.4. The Bertz CT molecular complexity index is 4550. The third kappa shape index (κ3) is 21.5. The molecule has 12 fully saturated rings. The number of allylic oxidation sites excluding steroid dienone is 4. The molecule has 0 bridgehead atoms. The van der Waals surface area contributed by atoms with Gasteiger partial charge in [-0.25, -0.2) is 24.2 Å². The smallest absolute Gasteiger partial charge is 0.335 e. The molecule has 796 valence electrons. The molecule has 4 saturated carbocycles. The Kier molecular flexibility index (Phi) is 35.1. The number of hydrogen-bond acceptors (Lipinski definition) is 47. The van der Waals surface area contributed by atoms with E-state index in [2.05, 4.69) is 32.1 Å². The average molecular weight is 2030 g/mol. The molecule has 13 rings (SSSR count). The van der Waals surface area contributed by atoms with Crippen LogP contribution in [0.4, 0.5) is 4.39 Å². The van der Waals surface area contributed by atoms with Crippen LogP contribution < -0.4 is 32.1 Å². The van der Waals surface area contributed by atoms with Gasteiger partial charge in [0.15, 0.2) is 98.4 Å². The van der Waals surface area contributed by atoms with E-state index in [9.17, 15) is 155 Å². The van der Waals surface area contributed by atoms with Crippen LogP contribution >= 0.6 is 0 Å². The first kappa shape index (κ1) is 111. The monoisotopic (exact) mass is 2030 g/mol. The largest absolute Gasteiger partial charge is 0.479 e. The summed E-state index contributed by atoms with van der Waals surface area (Å²) in [6.45, 7) is 4.23. The fraction of sp³-hybridized carbons (Fsp3) is 0.824. The number of fused-ring (bicyclic) bond motifs is 7. The van der Waals surface area contributed by atoms with Crippen LogP contribution in [0.5, 0.6) is 0 Å². The predicted molar refractivity (Wildman–Crippen MR) is 445 cm³/mol. The molecular weight excluding hydrogens is 1910 g/mol. The second-order valence-corrected chi connectivity index (χ2v) is 38.2. The predicted octanol–water partition coefficient (Wildman–Crippen LogP) is -13.7. The Morgan fingerprint density at radius 1 is 0.461 bits per heavy atom. The van der Waals surface area contributed by atoms with Gasteiger partial charge in [-0.05, 0) is 75.9 Å². The van der Waals surface area contributed by atoms with E-state index in [1.165, 1.54) is 25.2 Å². The maximum atomic E-state index is 18.3. The van der Waals surface area contributed by atoms with E-state index >= 15 is 9.18 Å². The summed E-state index contributed by atoms with van der Waals surface area (Å²) in [5, 5.41) is 247. The summed E-state index contributed by atoms with van der Waals surface area (Å²) in [6, 6.07) is -7.21. The van der Waals surface area contributed by atoms with Crippen molar-refractivity contribution < 1.29 is 245 Å². The van der Waals surface area contributed by atoms with Crippen LogP contribution in [0.2, 0.25) is 0 Å². The standard InChI is InChI=1S/C85H125FN6O49/c1-25-16-31(20-93)60(47(105)43(25)88-26(2)97)130-79-58(116)54(112)65(69(139-79)73(121)122)135-77-46(91-29(5)100)50(108)62(37(22-95)128-77)132-80-57(115)53(111)64(68(138-80)71(118)92-87-15-9-10-42-129-41-18-35-34-12-11-32-17-33(102)13-14-82(32,7)84(34,86)39(103)19-83(35,8)85(41,141-42)40(104)24-125-30(6)101)134-75-44(89-27(3)98)48(106)63(38(23-96)126-75)133-81-59(117)55(113)66(70(140-81)74(123)124)136-76-45(90-28(4)99)49(107)61(36(21-94)127-76)131-78-56(114)51(109)52(110)67(137-78)72(119)120/h13-14,17,25,31,34-39,41-70,75-81,87,93-96,103,105-117H,9-12,15-16,18-24H2,1-8H3,(H,88,97)(H,89,98)(H,90,99)(H,91,100)(H,92,118)(H,119,120)(H,121,122)(H,123,124)/t25-,31?,34?,35?,36?,37?,38?,39?,41?,42?,43?,44?,45?,46?,47+,48+,49+,50+,51-,52+,53+,54+,55+,56?,57?,58?,59?,60+,61+,62+,63+,64+,65+,66+,67?,68?,69?,70?,75+,76+,77+,78-,79-,80-,81-,82?,83?,84?,85?/m1/s1. The fourth-order valence-corrected chi connectivity index (χ4v) is 22.3. The maximum absolute atomic E-state index is 18.3. The van der Waals surface area contributed by atoms with E-state index in [0.29, 0.717) is 5.57 Å². The lowest BCUT2D eigenvalue weighted by atomic mass is 9.44. The minimum atomic E-state index is -2.63. The molecule has 0 spiro atoms. The Balaban J connectivity index is 0.738. The normalized spacial score (nSPS) is 46.9. The number of esters is 1. The molecule has 5 aliphatic carbocycles. The quantitative estimate of drug-likeness (QED) is 0.0162. The van der Waals surface area contributed by atoms with Crippen LogP contribution in [0, 0.1) is 34.5 Å². The van der Waals surface area contributed by atoms with E-state index < -0.39 is 390 Å². The zero-order valence-corrected chi connectivity index (χ0v) is 77.1. The second kappa shape index (κ2) is 44.7. The van der Waals surface area contributed by atoms with Crippen LogP contribution in [-0.4, -0.2) is 475 Å². The molecule has 25 unspecified atom stereocenters. The third-order valence-electron chi connectivity index (χ3n) is 29.2. The van der Waals surface area contributed by atoms with Crippen LogP contribution in [-0.2, 0) is 133 Å². The van der Waals surface area contributed by atoms with Gasteiger partial charge in [-0.1, -0.05) is 25.5 Å². The topological polar surface area (TPSA) is 842 Å². The van der Waals surface area contributed by atoms with Gasteiger partial charge in [0.05, 0.1) is 44.2 Å². The number of nitrogens with one attached hydrogen (secondary N) is 6. The van der Waals surface area contributed by atoms with Gasteiger partial charge < -0.3 is 209 Å². The maximum Gasteiger partial charge on any atom is 0.335 e. The van der Waals surface area contributed by atoms with Gasteiger partial charge in [0.1, 0.15) is 152 Å². The molecule has 56 heteroatoms. The summed E-state index contributed by atoms with van der Waals surface area (Å²) < 4.78 is 119. The Morgan fingerprint density at radius 2 is 0.865 bits per heavy atom. The highest BCUT2D eigenvalue weighted by Gasteiger charge is 2.80. The number of carboxylic acid groups (broad SMARTS) is 3. The number of carbonyl (C=O) groups excluding carboxylic acids is 8. The van der Waals surface area contributed by atoms with Crippen molar-refractivity contribution in [1.82, 2.24) is 32.1 Å². The van der Waals surface area contributed by atoms with E-state index in [1.807, 2.05) is 0 Å². The van der Waals surface area contributed by atoms with Crippen molar-refractivity contribution in [2.45, 2.75) is 363 Å². The van der Waals surface area contributed by atoms with E-state index in [4.69, 9.17) is 80.5 Å². The van der Waals surface area contributed by atoms with E-state index in [-0.39, 0.29) is 57.3 Å². The van der Waals surface area contributed by atoms with Crippen LogP contribution in [0.25, 0.3) is 0 Å². The minimum absolute atomic E-state index is 0.00274. The molecular formula is C85H125FN6O49. The number of amides is 5. The molecule has 8 saturated heterocycles. The lowest BCUT2D eigenvalue weighted by Crippen LogP contribution is -2.71. The summed E-state index contributed by atoms with van der Waals surface area (Å²) in [4.78, 5) is 145. The van der Waals surface area contributed by atoms with Gasteiger partial charge in [0.25, 0.3) is 5.91 Å². The van der Waals surface area contributed by atoms with Gasteiger partial charge in [0.2, 0.25) is 29.4 Å². The number of hydrazine groups is 1. The molecule has 0 aromatic rings. The number of rotatable bonds is 34. The number of halogens is 1. The Labute approximate surface area is 800 Å². The van der Waals surface area contributed by atoms with Gasteiger partial charge >= 0.3 is 23.9 Å². The summed E-state index contributed by atoms with van der Waals surface area (Å²) in [7, 11) is 0. The van der Waals surface area contributed by atoms with E-state index in [1.54, 1.807) is 20.8 Å². The molecule has 0 radical (unpaired) electrons. The van der Waals surface area contributed by atoms with Gasteiger partial charge in [0, 0.05) is 70.4 Å². The number of ketones is 2. The number of alkyl halides is 1. The lowest BCUT2D eigenvalue weighted by Gasteiger charge is -2.62. The number of carboxylic acids is 3. The second-order valence-electron chi connectivity index (χ2n) is 38.2. The summed E-state index contributed by atoms with van der Waals surface area (Å²) in [6.07, 6.45) is -77.7. The van der Waals surface area contributed by atoms with Crippen molar-refractivity contribution in [1.29, 1.82) is 0 Å². The number of aliphatic carboxylic acids is 3. The van der Waals surface area contributed by atoms with Crippen LogP contribution in [0.1, 0.15) is 100 Å². The van der Waals surface area contributed by atoms with Crippen molar-refractivity contribution in [3.63, 3.8) is 0 Å². The van der Waals surface area contributed by atoms with Crippen molar-refractivity contribution in [3.05, 3.63) is 23.8 Å². The molecule has 27 N–H and O–H groups in total. The highest BCUT2D eigenvalue weighted by molar-refractivity contribution is 6.01. The average Bonchev–Trinajstić information content (AvgIpc) is 1.52. The molecule has 5 amide bonds. The molecule has 0 aromatic heterocycles. The van der Waals surface area contributed by atoms with Gasteiger partial charge in [-0.3, -0.25) is 43.8 Å². The number of Topliss-reactive ketones (excluding diaryl/α,β-unsaturated/α-hetero) is 1. The van der Waals surface area contributed by atoms with E-state index in [0.717, 1.165) is 27.7 Å². The first-order valence-electron chi connectivity index (χ1n) is 45.9. The Hall–Kier alpha value is -7.42. The van der Waals surface area contributed by atoms with Crippen LogP contribution in [0.3, 0.4) is 0 Å². The third-order valence-corrected chi connectivity index (χ3v) is 29.2. The lowest BCUT2D eigenvalue weighted by molar-refractivity contribution is -0.381. The highest BCUT2D eigenvalue weighted by Crippen LogP contribution is 2.72. The molecule has 141 heavy (non-hydrogen) atoms. The molecule has 0 aromatic carbocycles. The summed E-state index contributed by atoms with van der Waals surface area (Å²) in [5.74, 6) is -15.9. The summed E-state index contributed by atoms with van der Waals surface area (Å²) >= 11 is 0. The van der Waals surface area contributed by atoms with Crippen molar-refractivity contribution in [3.8, 4) is 0 Å². The Morgan fingerprint density at radius 3 is 1.29 bits per heavy atom. The zero-order valence-electron chi connectivity index (χ0n) is 77.1. The molecule has 49 atom stereocenters. The van der Waals surface area contributed by atoms with Crippen molar-refractivity contribution in [2.75, 3.05) is 39.6 Å². The molecule has 8 aliphatic heterocycles. The summed E-state index contributed by atoms with van der Waals surface area (Å²) in [5.41, 5.74) is -1.75. The number of ether oxygens (including phenoxy) is 17. The number of aliphatic hydroxyl groups excluding tert-OH is 18. The fourth-order valence-electron chi connectivity index (χ4n) is 22.3. The number of hydrogen-bond donors (Lipinski definition) is 27. The first-order valence-corrected chi connectivity index (χ1v) is 45.9. The van der Waals surface area contributed by atoms with Gasteiger partial charge in [-0.2, -0.15) is 0 Å². The number of carbonyl (C=O) groups is 11. The minimum Gasteiger partial charge on any atom is -0.479 e. The number of aliphatic hydroxyl groups is 18. The van der Waals surface area contributed by atoms with Crippen molar-refractivity contribution in [2.24, 2.45) is 34.5 Å². The molecule has 13 aliphatic rings. The van der Waals surface area contributed by atoms with Crippen molar-refractivity contribution >= 4 is 65.0 Å². The molecule has 8 heterocycles. The molecule has 55 nitrogen and oxygen atoms in total. The van der Waals surface area contributed by atoms with Crippen LogP contribution in [0.15, 0.2) is 23.8 Å². The van der Waals surface area contributed by atoms with Gasteiger partial charge in [-0.15, -0.1) is 0 Å². The highest BCUT2D eigenvalue weighted by atomic mass is 19.1. The zero-order chi connectivity index (χ0) is 103.